The molecule has 1 aliphatic rings. The summed E-state index contributed by atoms with van der Waals surface area (Å²) in [6.45, 7) is 7.25. The van der Waals surface area contributed by atoms with E-state index in [4.69, 9.17) is 4.98 Å². The van der Waals surface area contributed by atoms with Crippen LogP contribution in [0.5, 0.6) is 0 Å². The van der Waals surface area contributed by atoms with Crippen molar-refractivity contribution in [2.24, 2.45) is 0 Å². The van der Waals surface area contributed by atoms with Crippen LogP contribution in [0.25, 0.3) is 10.2 Å². The van der Waals surface area contributed by atoms with E-state index in [0.29, 0.717) is 18.8 Å². The molecule has 128 valence electrons. The predicted molar refractivity (Wildman–Crippen MR) is 101 cm³/mol. The quantitative estimate of drug-likeness (QED) is 0.710. The van der Waals surface area contributed by atoms with E-state index in [-0.39, 0.29) is 5.91 Å². The number of rotatable bonds is 2. The summed E-state index contributed by atoms with van der Waals surface area (Å²) in [5, 5.41) is 1.05. The lowest BCUT2D eigenvalue weighted by atomic mass is 10.1. The fraction of sp³-hybridized carbons (Fsp3) is 0.316. The molecule has 3 heterocycles. The Labute approximate surface area is 150 Å². The predicted octanol–water partition coefficient (Wildman–Crippen LogP) is 3.27. The Morgan fingerprint density at radius 3 is 2.60 bits per heavy atom. The van der Waals surface area contributed by atoms with Gasteiger partial charge in [-0.25, -0.2) is 4.98 Å². The third-order valence-electron chi connectivity index (χ3n) is 4.79. The number of thiazole rings is 1. The zero-order valence-corrected chi connectivity index (χ0v) is 15.2. The third-order valence-corrected chi connectivity index (χ3v) is 5.88. The van der Waals surface area contributed by atoms with Gasteiger partial charge >= 0.3 is 0 Å². The largest absolute Gasteiger partial charge is 0.345 e. The molecule has 3 aromatic rings. The summed E-state index contributed by atoms with van der Waals surface area (Å²) < 4.78 is 1.23. The lowest BCUT2D eigenvalue weighted by molar-refractivity contribution is 0.0741. The van der Waals surface area contributed by atoms with E-state index in [2.05, 4.69) is 35.9 Å². The Morgan fingerprint density at radius 1 is 1.08 bits per heavy atom. The highest BCUT2D eigenvalue weighted by atomic mass is 32.1. The van der Waals surface area contributed by atoms with Crippen molar-refractivity contribution in [1.82, 2.24) is 14.9 Å². The zero-order valence-electron chi connectivity index (χ0n) is 14.4. The molecule has 1 aliphatic heterocycles. The van der Waals surface area contributed by atoms with Gasteiger partial charge in [0.15, 0.2) is 5.13 Å². The van der Waals surface area contributed by atoms with E-state index in [1.165, 1.54) is 15.8 Å². The van der Waals surface area contributed by atoms with Gasteiger partial charge in [-0.1, -0.05) is 23.5 Å². The van der Waals surface area contributed by atoms with Crippen molar-refractivity contribution in [1.29, 1.82) is 0 Å². The molecule has 0 aliphatic carbocycles. The number of anilines is 1. The molecule has 0 bridgehead atoms. The van der Waals surface area contributed by atoms with Crippen LogP contribution in [0.4, 0.5) is 5.13 Å². The molecule has 1 aromatic carbocycles. The van der Waals surface area contributed by atoms with E-state index in [9.17, 15) is 4.79 Å². The number of carbonyl (C=O) groups is 1. The number of benzene rings is 1. The molecule has 4 rings (SSSR count). The number of hydrogen-bond acceptors (Lipinski definition) is 5. The monoisotopic (exact) mass is 352 g/mol. The first-order valence-electron chi connectivity index (χ1n) is 8.45. The molecular weight excluding hydrogens is 332 g/mol. The summed E-state index contributed by atoms with van der Waals surface area (Å²) >= 11 is 1.73. The number of aromatic nitrogens is 2. The second kappa shape index (κ2) is 6.44. The molecule has 0 saturated carbocycles. The SMILES string of the molecule is Cc1ccc2sc(N3CCN(C(=O)c4ccccn4)CC3)nc2c1C. The van der Waals surface area contributed by atoms with Crippen LogP contribution in [0.2, 0.25) is 0 Å². The fourth-order valence-corrected chi connectivity index (χ4v) is 4.18. The van der Waals surface area contributed by atoms with E-state index in [1.807, 2.05) is 17.0 Å². The standard InChI is InChI=1S/C19H20N4OS/c1-13-6-7-16-17(14(13)2)21-19(25-16)23-11-9-22(10-12-23)18(24)15-5-3-4-8-20-15/h3-8H,9-12H2,1-2H3. The normalized spacial score (nSPS) is 15.0. The number of nitrogens with zero attached hydrogens (tertiary/aromatic N) is 4. The Morgan fingerprint density at radius 2 is 1.88 bits per heavy atom. The van der Waals surface area contributed by atoms with Gasteiger partial charge in [-0.3, -0.25) is 9.78 Å². The summed E-state index contributed by atoms with van der Waals surface area (Å²) in [6.07, 6.45) is 1.66. The molecule has 6 heteroatoms. The van der Waals surface area contributed by atoms with E-state index in [0.717, 1.165) is 23.7 Å². The molecule has 0 radical (unpaired) electrons. The highest BCUT2D eigenvalue weighted by molar-refractivity contribution is 7.22. The summed E-state index contributed by atoms with van der Waals surface area (Å²) in [5.74, 6) is 0.0102. The number of piperazine rings is 1. The van der Waals surface area contributed by atoms with Crippen molar-refractivity contribution in [3.05, 3.63) is 53.3 Å². The van der Waals surface area contributed by atoms with Crippen molar-refractivity contribution >= 4 is 32.6 Å². The van der Waals surface area contributed by atoms with Crippen LogP contribution in [-0.2, 0) is 0 Å². The molecule has 0 N–H and O–H groups in total. The number of aryl methyl sites for hydroxylation is 2. The van der Waals surface area contributed by atoms with Gasteiger partial charge in [0.2, 0.25) is 0 Å². The van der Waals surface area contributed by atoms with Gasteiger partial charge in [0.05, 0.1) is 10.2 Å². The van der Waals surface area contributed by atoms with Crippen LogP contribution in [-0.4, -0.2) is 47.0 Å². The average molecular weight is 352 g/mol. The average Bonchev–Trinajstić information content (AvgIpc) is 3.10. The van der Waals surface area contributed by atoms with Crippen LogP contribution in [0.3, 0.4) is 0 Å². The van der Waals surface area contributed by atoms with Crippen LogP contribution >= 0.6 is 11.3 Å². The molecule has 1 saturated heterocycles. The van der Waals surface area contributed by atoms with E-state index in [1.54, 1.807) is 23.6 Å². The highest BCUT2D eigenvalue weighted by Gasteiger charge is 2.24. The van der Waals surface area contributed by atoms with Crippen molar-refractivity contribution in [3.63, 3.8) is 0 Å². The van der Waals surface area contributed by atoms with E-state index >= 15 is 0 Å². The molecular formula is C19H20N4OS. The first-order chi connectivity index (χ1) is 12.1. The number of fused-ring (bicyclic) bond motifs is 1. The maximum Gasteiger partial charge on any atom is 0.272 e. The summed E-state index contributed by atoms with van der Waals surface area (Å²) in [4.78, 5) is 25.7. The van der Waals surface area contributed by atoms with Gasteiger partial charge in [0.1, 0.15) is 5.69 Å². The Hall–Kier alpha value is -2.47. The van der Waals surface area contributed by atoms with Gasteiger partial charge in [-0.05, 0) is 43.2 Å². The van der Waals surface area contributed by atoms with Crippen LogP contribution in [0.1, 0.15) is 21.6 Å². The molecule has 5 nitrogen and oxygen atoms in total. The summed E-state index contributed by atoms with van der Waals surface area (Å²) in [5.41, 5.74) is 4.15. The second-order valence-corrected chi connectivity index (χ2v) is 7.35. The molecule has 1 amide bonds. The molecule has 0 spiro atoms. The maximum absolute atomic E-state index is 12.5. The van der Waals surface area contributed by atoms with Gasteiger partial charge < -0.3 is 9.80 Å². The smallest absolute Gasteiger partial charge is 0.272 e. The minimum absolute atomic E-state index is 0.0102. The molecule has 1 fully saturated rings. The van der Waals surface area contributed by atoms with Crippen molar-refractivity contribution < 1.29 is 4.79 Å². The van der Waals surface area contributed by atoms with E-state index < -0.39 is 0 Å². The van der Waals surface area contributed by atoms with Gasteiger partial charge in [-0.15, -0.1) is 0 Å². The maximum atomic E-state index is 12.5. The van der Waals surface area contributed by atoms with Crippen LogP contribution in [0, 0.1) is 13.8 Å². The number of carbonyl (C=O) groups excluding carboxylic acids is 1. The Bertz CT molecular complexity index is 914. The molecule has 0 unspecified atom stereocenters. The molecule has 2 aromatic heterocycles. The Balaban J connectivity index is 1.49. The summed E-state index contributed by atoms with van der Waals surface area (Å²) in [6, 6.07) is 9.75. The van der Waals surface area contributed by atoms with Crippen molar-refractivity contribution in [2.45, 2.75) is 13.8 Å². The van der Waals surface area contributed by atoms with Gasteiger partial charge in [0.25, 0.3) is 5.91 Å². The fourth-order valence-electron chi connectivity index (χ4n) is 3.10. The lowest BCUT2D eigenvalue weighted by Gasteiger charge is -2.34. The molecule has 25 heavy (non-hydrogen) atoms. The van der Waals surface area contributed by atoms with Gasteiger partial charge in [0, 0.05) is 32.4 Å². The van der Waals surface area contributed by atoms with Crippen LogP contribution < -0.4 is 4.90 Å². The lowest BCUT2D eigenvalue weighted by Crippen LogP contribution is -2.49. The first kappa shape index (κ1) is 16.0. The third kappa shape index (κ3) is 2.98. The topological polar surface area (TPSA) is 49.3 Å². The molecule has 0 atom stereocenters. The first-order valence-corrected chi connectivity index (χ1v) is 9.27. The van der Waals surface area contributed by atoms with Crippen molar-refractivity contribution in [2.75, 3.05) is 31.1 Å². The number of amides is 1. The summed E-state index contributed by atoms with van der Waals surface area (Å²) in [7, 11) is 0. The number of hydrogen-bond donors (Lipinski definition) is 0. The zero-order chi connectivity index (χ0) is 17.4. The van der Waals surface area contributed by atoms with Crippen LogP contribution in [0.15, 0.2) is 36.5 Å². The van der Waals surface area contributed by atoms with Gasteiger partial charge in [-0.2, -0.15) is 0 Å². The second-order valence-electron chi connectivity index (χ2n) is 6.34. The highest BCUT2D eigenvalue weighted by Crippen LogP contribution is 2.32. The number of pyridine rings is 1. The minimum atomic E-state index is 0.0102. The Kier molecular flexibility index (Phi) is 4.13. The van der Waals surface area contributed by atoms with Crippen molar-refractivity contribution in [3.8, 4) is 0 Å². The minimum Gasteiger partial charge on any atom is -0.345 e.